The minimum absolute atomic E-state index is 0.0549. The van der Waals surface area contributed by atoms with Crippen molar-refractivity contribution in [1.29, 1.82) is 0 Å². The van der Waals surface area contributed by atoms with E-state index in [-0.39, 0.29) is 11.5 Å². The summed E-state index contributed by atoms with van der Waals surface area (Å²) in [5.41, 5.74) is 3.00. The zero-order valence-corrected chi connectivity index (χ0v) is 17.5. The first-order valence-electron chi connectivity index (χ1n) is 10.5. The number of amides is 1. The number of carbonyl (C=O) groups is 1. The normalized spacial score (nSPS) is 18.9. The predicted molar refractivity (Wildman–Crippen MR) is 116 cm³/mol. The van der Waals surface area contributed by atoms with Crippen molar-refractivity contribution < 1.29 is 4.79 Å². The molecule has 2 aromatic heterocycles. The van der Waals surface area contributed by atoms with Crippen LogP contribution in [0.3, 0.4) is 0 Å². The van der Waals surface area contributed by atoms with E-state index in [2.05, 4.69) is 11.9 Å². The zero-order chi connectivity index (χ0) is 20.0. The van der Waals surface area contributed by atoms with Gasteiger partial charge >= 0.3 is 0 Å². The van der Waals surface area contributed by atoms with Crippen LogP contribution in [0.1, 0.15) is 52.5 Å². The van der Waals surface area contributed by atoms with E-state index in [1.54, 1.807) is 22.2 Å². The Morgan fingerprint density at radius 1 is 1.21 bits per heavy atom. The summed E-state index contributed by atoms with van der Waals surface area (Å²) < 4.78 is 1.70. The monoisotopic (exact) mass is 407 g/mol. The van der Waals surface area contributed by atoms with E-state index < -0.39 is 0 Å². The first kappa shape index (κ1) is 18.6. The number of aromatic nitrogens is 2. The third-order valence-corrected chi connectivity index (χ3v) is 7.39. The number of fused-ring (bicyclic) bond motifs is 3. The summed E-state index contributed by atoms with van der Waals surface area (Å²) in [5, 5.41) is 0.820. The molecule has 0 radical (unpaired) electrons. The van der Waals surface area contributed by atoms with Crippen molar-refractivity contribution >= 4 is 27.5 Å². The van der Waals surface area contributed by atoms with Crippen LogP contribution in [0.4, 0.5) is 0 Å². The molecule has 1 saturated heterocycles. The number of nitrogens with zero attached hydrogens (tertiary/aromatic N) is 3. The second-order valence-electron chi connectivity index (χ2n) is 8.41. The lowest BCUT2D eigenvalue weighted by atomic mass is 9.89. The lowest BCUT2D eigenvalue weighted by Gasteiger charge is -2.17. The lowest BCUT2D eigenvalue weighted by molar-refractivity contribution is 0.0793. The van der Waals surface area contributed by atoms with Gasteiger partial charge in [-0.1, -0.05) is 19.1 Å². The fourth-order valence-corrected chi connectivity index (χ4v) is 5.87. The van der Waals surface area contributed by atoms with E-state index in [1.807, 2.05) is 29.2 Å². The highest BCUT2D eigenvalue weighted by atomic mass is 32.1. The molecule has 5 rings (SSSR count). The van der Waals surface area contributed by atoms with Crippen LogP contribution < -0.4 is 5.56 Å². The van der Waals surface area contributed by atoms with Crippen molar-refractivity contribution in [3.8, 4) is 0 Å². The molecule has 29 heavy (non-hydrogen) atoms. The fourth-order valence-electron chi connectivity index (χ4n) is 4.53. The van der Waals surface area contributed by atoms with Crippen molar-refractivity contribution in [2.45, 2.75) is 45.6 Å². The number of hydrogen-bond acceptors (Lipinski definition) is 4. The maximum Gasteiger partial charge on any atom is 0.262 e. The molecule has 1 fully saturated rings. The van der Waals surface area contributed by atoms with Crippen molar-refractivity contribution in [2.75, 3.05) is 13.1 Å². The number of likely N-dealkylation sites (tertiary alicyclic amines) is 1. The first-order valence-corrected chi connectivity index (χ1v) is 11.3. The average molecular weight is 408 g/mol. The van der Waals surface area contributed by atoms with Gasteiger partial charge in [-0.2, -0.15) is 0 Å². The SMILES string of the molecule is CC1CCc2c(sc3ncn(Cc4ccc(C(=O)N5CCCC5)cc4)c(=O)c23)C1. The second kappa shape index (κ2) is 7.41. The van der Waals surface area contributed by atoms with E-state index in [1.165, 1.54) is 10.4 Å². The third-order valence-electron chi connectivity index (χ3n) is 6.23. The van der Waals surface area contributed by atoms with Crippen molar-refractivity contribution in [3.63, 3.8) is 0 Å². The van der Waals surface area contributed by atoms with Crippen molar-refractivity contribution in [3.05, 3.63) is 62.5 Å². The summed E-state index contributed by atoms with van der Waals surface area (Å²) in [6, 6.07) is 7.65. The van der Waals surface area contributed by atoms with Crippen LogP contribution in [-0.4, -0.2) is 33.4 Å². The van der Waals surface area contributed by atoms with Crippen LogP contribution in [0.5, 0.6) is 0 Å². The van der Waals surface area contributed by atoms with E-state index in [0.717, 1.165) is 66.5 Å². The highest BCUT2D eigenvalue weighted by Crippen LogP contribution is 2.35. The molecule has 1 aliphatic carbocycles. The first-order chi connectivity index (χ1) is 14.1. The van der Waals surface area contributed by atoms with E-state index in [0.29, 0.717) is 12.5 Å². The standard InChI is InChI=1S/C23H25N3O2S/c1-15-4-9-18-19(12-15)29-21-20(18)23(28)26(14-24-21)13-16-5-7-17(8-6-16)22(27)25-10-2-3-11-25/h5-8,14-15H,2-4,9-13H2,1H3. The van der Waals surface area contributed by atoms with Crippen LogP contribution in [-0.2, 0) is 19.4 Å². The molecule has 3 heterocycles. The van der Waals surface area contributed by atoms with Gasteiger partial charge in [-0.15, -0.1) is 11.3 Å². The Hall–Kier alpha value is -2.47. The number of benzene rings is 1. The molecule has 0 saturated carbocycles. The number of carbonyl (C=O) groups excluding carboxylic acids is 1. The number of rotatable bonds is 3. The molecular formula is C23H25N3O2S. The summed E-state index contributed by atoms with van der Waals surface area (Å²) in [5.74, 6) is 0.785. The van der Waals surface area contributed by atoms with Crippen LogP contribution >= 0.6 is 11.3 Å². The Morgan fingerprint density at radius 3 is 2.72 bits per heavy atom. The molecule has 1 aliphatic heterocycles. The maximum absolute atomic E-state index is 13.2. The van der Waals surface area contributed by atoms with Gasteiger partial charge in [0.25, 0.3) is 11.5 Å². The highest BCUT2D eigenvalue weighted by molar-refractivity contribution is 7.18. The van der Waals surface area contributed by atoms with Gasteiger partial charge in [-0.25, -0.2) is 4.98 Å². The molecule has 6 heteroatoms. The molecule has 5 nitrogen and oxygen atoms in total. The Balaban J connectivity index is 1.41. The van der Waals surface area contributed by atoms with Crippen LogP contribution in [0.2, 0.25) is 0 Å². The predicted octanol–water partition coefficient (Wildman–Crippen LogP) is 3.87. The molecular weight excluding hydrogens is 382 g/mol. The Bertz CT molecular complexity index is 1120. The fraction of sp³-hybridized carbons (Fsp3) is 0.435. The van der Waals surface area contributed by atoms with Gasteiger partial charge in [0, 0.05) is 23.5 Å². The van der Waals surface area contributed by atoms with Gasteiger partial charge < -0.3 is 4.90 Å². The summed E-state index contributed by atoms with van der Waals surface area (Å²) in [6.07, 6.45) is 7.02. The van der Waals surface area contributed by atoms with Gasteiger partial charge in [0.05, 0.1) is 18.3 Å². The molecule has 2 aliphatic rings. The quantitative estimate of drug-likeness (QED) is 0.662. The minimum atomic E-state index is 0.0549. The average Bonchev–Trinajstić information content (AvgIpc) is 3.38. The summed E-state index contributed by atoms with van der Waals surface area (Å²) in [4.78, 5) is 34.4. The molecule has 150 valence electrons. The lowest BCUT2D eigenvalue weighted by Crippen LogP contribution is -2.27. The largest absolute Gasteiger partial charge is 0.339 e. The van der Waals surface area contributed by atoms with Crippen molar-refractivity contribution in [1.82, 2.24) is 14.5 Å². The summed E-state index contributed by atoms with van der Waals surface area (Å²) in [7, 11) is 0. The summed E-state index contributed by atoms with van der Waals surface area (Å²) in [6.45, 7) is 4.45. The van der Waals surface area contributed by atoms with Gasteiger partial charge in [0.1, 0.15) is 4.83 Å². The van der Waals surface area contributed by atoms with Crippen LogP contribution in [0.15, 0.2) is 35.4 Å². The van der Waals surface area contributed by atoms with E-state index >= 15 is 0 Å². The number of thiophene rings is 1. The zero-order valence-electron chi connectivity index (χ0n) is 16.7. The van der Waals surface area contributed by atoms with Crippen molar-refractivity contribution in [2.24, 2.45) is 5.92 Å². The highest BCUT2D eigenvalue weighted by Gasteiger charge is 2.23. The molecule has 1 amide bonds. The van der Waals surface area contributed by atoms with Crippen LogP contribution in [0, 0.1) is 5.92 Å². The molecule has 1 unspecified atom stereocenters. The van der Waals surface area contributed by atoms with Gasteiger partial charge in [0.2, 0.25) is 0 Å². The van der Waals surface area contributed by atoms with Gasteiger partial charge in [0.15, 0.2) is 0 Å². The topological polar surface area (TPSA) is 55.2 Å². The molecule has 3 aromatic rings. The summed E-state index contributed by atoms with van der Waals surface area (Å²) >= 11 is 1.68. The Morgan fingerprint density at radius 2 is 1.97 bits per heavy atom. The third kappa shape index (κ3) is 3.39. The molecule has 0 spiro atoms. The minimum Gasteiger partial charge on any atom is -0.339 e. The van der Waals surface area contributed by atoms with Gasteiger partial charge in [-0.3, -0.25) is 14.2 Å². The molecule has 1 atom stereocenters. The molecule has 0 bridgehead atoms. The number of hydrogen-bond donors (Lipinski definition) is 0. The second-order valence-corrected chi connectivity index (χ2v) is 9.49. The van der Waals surface area contributed by atoms with E-state index in [9.17, 15) is 9.59 Å². The molecule has 0 N–H and O–H groups in total. The Labute approximate surface area is 174 Å². The Kier molecular flexibility index (Phi) is 4.74. The number of aryl methyl sites for hydroxylation is 1. The van der Waals surface area contributed by atoms with Crippen LogP contribution in [0.25, 0.3) is 10.2 Å². The smallest absolute Gasteiger partial charge is 0.262 e. The maximum atomic E-state index is 13.2. The van der Waals surface area contributed by atoms with Gasteiger partial charge in [-0.05, 0) is 61.3 Å². The van der Waals surface area contributed by atoms with E-state index in [4.69, 9.17) is 0 Å². The molecule has 1 aromatic carbocycles.